The second-order valence-corrected chi connectivity index (χ2v) is 4.20. The van der Waals surface area contributed by atoms with E-state index in [1.54, 1.807) is 11.3 Å². The Morgan fingerprint density at radius 1 is 1.69 bits per heavy atom. The molecule has 0 bridgehead atoms. The van der Waals surface area contributed by atoms with E-state index in [0.29, 0.717) is 0 Å². The summed E-state index contributed by atoms with van der Waals surface area (Å²) in [6.07, 6.45) is 0. The average Bonchev–Trinajstić information content (AvgIpc) is 2.47. The zero-order valence-corrected chi connectivity index (χ0v) is 8.52. The molecule has 0 aromatic carbocycles. The van der Waals surface area contributed by atoms with Crippen molar-refractivity contribution in [1.82, 2.24) is 5.32 Å². The van der Waals surface area contributed by atoms with Gasteiger partial charge in [-0.3, -0.25) is 4.79 Å². The third-order valence-electron chi connectivity index (χ3n) is 1.66. The molecule has 4 heteroatoms. The first-order chi connectivity index (χ1) is 6.13. The van der Waals surface area contributed by atoms with Crippen molar-refractivity contribution in [2.24, 2.45) is 0 Å². The SMILES string of the molecule is CC(=O)NC(CO)c1ccc(C)s1. The lowest BCUT2D eigenvalue weighted by Crippen LogP contribution is -2.27. The van der Waals surface area contributed by atoms with E-state index in [4.69, 9.17) is 5.11 Å². The van der Waals surface area contributed by atoms with Gasteiger partial charge in [-0.25, -0.2) is 0 Å². The van der Waals surface area contributed by atoms with Crippen LogP contribution in [0.4, 0.5) is 0 Å². The largest absolute Gasteiger partial charge is 0.394 e. The highest BCUT2D eigenvalue weighted by atomic mass is 32.1. The normalized spacial score (nSPS) is 12.5. The number of thiophene rings is 1. The molecule has 13 heavy (non-hydrogen) atoms. The number of rotatable bonds is 3. The lowest BCUT2D eigenvalue weighted by molar-refractivity contribution is -0.120. The van der Waals surface area contributed by atoms with E-state index in [1.807, 2.05) is 19.1 Å². The van der Waals surface area contributed by atoms with Crippen LogP contribution in [0.5, 0.6) is 0 Å². The number of nitrogens with one attached hydrogen (secondary N) is 1. The molecule has 1 atom stereocenters. The van der Waals surface area contributed by atoms with Crippen molar-refractivity contribution < 1.29 is 9.90 Å². The van der Waals surface area contributed by atoms with Gasteiger partial charge in [0, 0.05) is 16.7 Å². The van der Waals surface area contributed by atoms with Crippen LogP contribution in [0, 0.1) is 6.92 Å². The molecule has 1 aromatic heterocycles. The lowest BCUT2D eigenvalue weighted by atomic mass is 10.2. The van der Waals surface area contributed by atoms with Crippen LogP contribution in [0.15, 0.2) is 12.1 Å². The first-order valence-corrected chi connectivity index (χ1v) is 4.89. The highest BCUT2D eigenvalue weighted by molar-refractivity contribution is 7.12. The maximum absolute atomic E-state index is 10.8. The maximum atomic E-state index is 10.8. The summed E-state index contributed by atoms with van der Waals surface area (Å²) < 4.78 is 0. The summed E-state index contributed by atoms with van der Waals surface area (Å²) in [5.74, 6) is -0.120. The topological polar surface area (TPSA) is 49.3 Å². The summed E-state index contributed by atoms with van der Waals surface area (Å²) in [5.41, 5.74) is 0. The zero-order chi connectivity index (χ0) is 9.84. The Balaban J connectivity index is 2.72. The third-order valence-corrected chi connectivity index (χ3v) is 2.78. The Morgan fingerprint density at radius 2 is 2.38 bits per heavy atom. The zero-order valence-electron chi connectivity index (χ0n) is 7.70. The van der Waals surface area contributed by atoms with Gasteiger partial charge in [0.25, 0.3) is 0 Å². The van der Waals surface area contributed by atoms with Crippen LogP contribution in [0.25, 0.3) is 0 Å². The first kappa shape index (κ1) is 10.2. The number of aliphatic hydroxyl groups excluding tert-OH is 1. The fourth-order valence-electron chi connectivity index (χ4n) is 1.09. The second-order valence-electron chi connectivity index (χ2n) is 2.88. The van der Waals surface area contributed by atoms with Crippen LogP contribution in [0.3, 0.4) is 0 Å². The number of carbonyl (C=O) groups excluding carboxylic acids is 1. The second kappa shape index (κ2) is 4.39. The lowest BCUT2D eigenvalue weighted by Gasteiger charge is -2.12. The molecular weight excluding hydrogens is 186 g/mol. The minimum Gasteiger partial charge on any atom is -0.394 e. The van der Waals surface area contributed by atoms with Gasteiger partial charge in [-0.15, -0.1) is 11.3 Å². The van der Waals surface area contributed by atoms with E-state index in [0.717, 1.165) is 4.88 Å². The van der Waals surface area contributed by atoms with Gasteiger partial charge >= 0.3 is 0 Å². The van der Waals surface area contributed by atoms with Gasteiger partial charge in [0.1, 0.15) is 0 Å². The summed E-state index contributed by atoms with van der Waals surface area (Å²) in [6.45, 7) is 3.39. The smallest absolute Gasteiger partial charge is 0.217 e. The fraction of sp³-hybridized carbons (Fsp3) is 0.444. The first-order valence-electron chi connectivity index (χ1n) is 4.07. The standard InChI is InChI=1S/C9H13NO2S/c1-6-3-4-9(13-6)8(5-11)10-7(2)12/h3-4,8,11H,5H2,1-2H3,(H,10,12). The Kier molecular flexibility index (Phi) is 3.45. The van der Waals surface area contributed by atoms with E-state index >= 15 is 0 Å². The molecule has 0 saturated carbocycles. The highest BCUT2D eigenvalue weighted by Crippen LogP contribution is 2.22. The van der Waals surface area contributed by atoms with Crippen LogP contribution in [0.1, 0.15) is 22.7 Å². The van der Waals surface area contributed by atoms with Gasteiger partial charge in [-0.1, -0.05) is 0 Å². The monoisotopic (exact) mass is 199 g/mol. The van der Waals surface area contributed by atoms with Crippen molar-refractivity contribution in [3.63, 3.8) is 0 Å². The predicted octanol–water partition coefficient (Wildman–Crippen LogP) is 1.23. The van der Waals surface area contributed by atoms with E-state index < -0.39 is 0 Å². The van der Waals surface area contributed by atoms with E-state index in [9.17, 15) is 4.79 Å². The fourth-order valence-corrected chi connectivity index (χ4v) is 2.01. The molecule has 0 spiro atoms. The Hall–Kier alpha value is -0.870. The van der Waals surface area contributed by atoms with Gasteiger partial charge in [0.15, 0.2) is 0 Å². The molecule has 0 radical (unpaired) electrons. The molecule has 1 rings (SSSR count). The number of hydrogen-bond donors (Lipinski definition) is 2. The van der Waals surface area contributed by atoms with Crippen LogP contribution < -0.4 is 5.32 Å². The molecule has 0 aliphatic carbocycles. The van der Waals surface area contributed by atoms with Gasteiger partial charge < -0.3 is 10.4 Å². The van der Waals surface area contributed by atoms with E-state index in [1.165, 1.54) is 11.8 Å². The van der Waals surface area contributed by atoms with Crippen molar-refractivity contribution in [2.45, 2.75) is 19.9 Å². The number of amides is 1. The van der Waals surface area contributed by atoms with E-state index in [2.05, 4.69) is 5.32 Å². The molecule has 0 saturated heterocycles. The predicted molar refractivity (Wildman–Crippen MR) is 52.7 cm³/mol. The van der Waals surface area contributed by atoms with Crippen molar-refractivity contribution >= 4 is 17.2 Å². The van der Waals surface area contributed by atoms with Gasteiger partial charge in [0.05, 0.1) is 12.6 Å². The van der Waals surface area contributed by atoms with Crippen LogP contribution in [0.2, 0.25) is 0 Å². The summed E-state index contributed by atoms with van der Waals surface area (Å²) in [4.78, 5) is 13.0. The molecule has 0 fully saturated rings. The molecule has 1 amide bonds. The Bertz CT molecular complexity index is 296. The molecule has 2 N–H and O–H groups in total. The molecule has 72 valence electrons. The third kappa shape index (κ3) is 2.82. The molecule has 3 nitrogen and oxygen atoms in total. The summed E-state index contributed by atoms with van der Waals surface area (Å²) in [7, 11) is 0. The molecule has 1 heterocycles. The quantitative estimate of drug-likeness (QED) is 0.769. The Morgan fingerprint density at radius 3 is 2.77 bits per heavy atom. The average molecular weight is 199 g/mol. The van der Waals surface area contributed by atoms with E-state index in [-0.39, 0.29) is 18.6 Å². The summed E-state index contributed by atoms with van der Waals surface area (Å²) >= 11 is 1.59. The molecule has 0 aliphatic heterocycles. The van der Waals surface area contributed by atoms with Crippen LogP contribution in [-0.4, -0.2) is 17.6 Å². The highest BCUT2D eigenvalue weighted by Gasteiger charge is 2.12. The minimum atomic E-state index is -0.254. The summed E-state index contributed by atoms with van der Waals surface area (Å²) in [6, 6.07) is 3.65. The maximum Gasteiger partial charge on any atom is 0.217 e. The van der Waals surface area contributed by atoms with Crippen molar-refractivity contribution in [3.8, 4) is 0 Å². The Labute approximate surface area is 81.4 Å². The van der Waals surface area contributed by atoms with Crippen molar-refractivity contribution in [1.29, 1.82) is 0 Å². The van der Waals surface area contributed by atoms with Crippen LogP contribution >= 0.6 is 11.3 Å². The number of aliphatic hydroxyl groups is 1. The number of aryl methyl sites for hydroxylation is 1. The van der Waals surface area contributed by atoms with Crippen LogP contribution in [-0.2, 0) is 4.79 Å². The molecule has 1 aromatic rings. The van der Waals surface area contributed by atoms with Gasteiger partial charge in [-0.2, -0.15) is 0 Å². The molecule has 1 unspecified atom stereocenters. The minimum absolute atomic E-state index is 0.0560. The van der Waals surface area contributed by atoms with Crippen molar-refractivity contribution in [2.75, 3.05) is 6.61 Å². The van der Waals surface area contributed by atoms with Gasteiger partial charge in [-0.05, 0) is 19.1 Å². The number of carbonyl (C=O) groups is 1. The molecular formula is C9H13NO2S. The molecule has 0 aliphatic rings. The van der Waals surface area contributed by atoms with Crippen molar-refractivity contribution in [3.05, 3.63) is 21.9 Å². The van der Waals surface area contributed by atoms with Gasteiger partial charge in [0.2, 0.25) is 5.91 Å². The number of hydrogen-bond acceptors (Lipinski definition) is 3. The summed E-state index contributed by atoms with van der Waals surface area (Å²) in [5, 5.41) is 11.7.